The Morgan fingerprint density at radius 2 is 2.24 bits per heavy atom. The van der Waals surface area contributed by atoms with Crippen molar-refractivity contribution >= 4 is 5.91 Å². The molecule has 1 aliphatic rings. The second-order valence-corrected chi connectivity index (χ2v) is 5.64. The topological polar surface area (TPSA) is 57.3 Å². The Morgan fingerprint density at radius 3 is 2.90 bits per heavy atom. The van der Waals surface area contributed by atoms with E-state index in [1.165, 1.54) is 5.56 Å². The molecule has 5 nitrogen and oxygen atoms in total. The first kappa shape index (κ1) is 15.9. The molecule has 21 heavy (non-hydrogen) atoms. The number of piperidine rings is 1. The van der Waals surface area contributed by atoms with Crippen molar-refractivity contribution in [2.24, 2.45) is 0 Å². The second-order valence-electron chi connectivity index (χ2n) is 5.64. The number of rotatable bonds is 7. The summed E-state index contributed by atoms with van der Waals surface area (Å²) in [4.78, 5) is 18.1. The number of carbonyl (C=O) groups is 1. The highest BCUT2D eigenvalue weighted by Gasteiger charge is 2.20. The summed E-state index contributed by atoms with van der Waals surface area (Å²) in [6.45, 7) is 6.24. The fourth-order valence-corrected chi connectivity index (χ4v) is 2.58. The first-order valence-electron chi connectivity index (χ1n) is 7.89. The molecule has 0 atom stereocenters. The average Bonchev–Trinajstić information content (AvgIpc) is 2.53. The van der Waals surface area contributed by atoms with E-state index in [-0.39, 0.29) is 5.91 Å². The summed E-state index contributed by atoms with van der Waals surface area (Å²) in [6, 6.07) is 4.60. The van der Waals surface area contributed by atoms with Crippen LogP contribution >= 0.6 is 0 Å². The van der Waals surface area contributed by atoms with Crippen molar-refractivity contribution in [3.8, 4) is 0 Å². The van der Waals surface area contributed by atoms with E-state index in [1.807, 2.05) is 12.3 Å². The van der Waals surface area contributed by atoms with E-state index in [9.17, 15) is 4.79 Å². The summed E-state index contributed by atoms with van der Waals surface area (Å²) >= 11 is 0. The molecule has 5 heteroatoms. The highest BCUT2D eigenvalue weighted by atomic mass is 16.2. The third kappa shape index (κ3) is 5.81. The van der Waals surface area contributed by atoms with Gasteiger partial charge in [-0.25, -0.2) is 0 Å². The molecule has 1 fully saturated rings. The van der Waals surface area contributed by atoms with Gasteiger partial charge in [0, 0.05) is 44.6 Å². The molecule has 0 bridgehead atoms. The van der Waals surface area contributed by atoms with Gasteiger partial charge in [0.2, 0.25) is 5.91 Å². The molecular formula is C16H26N4O. The Kier molecular flexibility index (Phi) is 6.63. The highest BCUT2D eigenvalue weighted by Crippen LogP contribution is 2.10. The quantitative estimate of drug-likeness (QED) is 0.791. The van der Waals surface area contributed by atoms with Crippen LogP contribution in [0, 0.1) is 0 Å². The maximum atomic E-state index is 11.7. The van der Waals surface area contributed by atoms with Crippen LogP contribution in [0.25, 0.3) is 0 Å². The van der Waals surface area contributed by atoms with Crippen molar-refractivity contribution in [1.82, 2.24) is 20.5 Å². The molecule has 1 aromatic heterocycles. The lowest BCUT2D eigenvalue weighted by Crippen LogP contribution is -2.46. The summed E-state index contributed by atoms with van der Waals surface area (Å²) in [5, 5.41) is 6.51. The van der Waals surface area contributed by atoms with Gasteiger partial charge in [0.1, 0.15) is 0 Å². The molecule has 0 radical (unpaired) electrons. The van der Waals surface area contributed by atoms with Crippen molar-refractivity contribution < 1.29 is 4.79 Å². The molecular weight excluding hydrogens is 264 g/mol. The summed E-state index contributed by atoms with van der Waals surface area (Å²) in [7, 11) is 0. The van der Waals surface area contributed by atoms with Crippen molar-refractivity contribution in [2.75, 3.05) is 26.2 Å². The molecule has 0 aromatic carbocycles. The zero-order valence-electron chi connectivity index (χ0n) is 12.8. The number of pyridine rings is 1. The zero-order valence-corrected chi connectivity index (χ0v) is 12.8. The van der Waals surface area contributed by atoms with Gasteiger partial charge in [-0.05, 0) is 30.9 Å². The number of amides is 1. The van der Waals surface area contributed by atoms with Crippen LogP contribution in [0.5, 0.6) is 0 Å². The van der Waals surface area contributed by atoms with Crippen molar-refractivity contribution in [1.29, 1.82) is 0 Å². The van der Waals surface area contributed by atoms with Crippen LogP contribution in [0.3, 0.4) is 0 Å². The molecule has 0 spiro atoms. The largest absolute Gasteiger partial charge is 0.355 e. The average molecular weight is 290 g/mol. The van der Waals surface area contributed by atoms with Crippen LogP contribution in [0.15, 0.2) is 24.5 Å². The lowest BCUT2D eigenvalue weighted by atomic mass is 10.0. The summed E-state index contributed by atoms with van der Waals surface area (Å²) in [5.41, 5.74) is 1.22. The Balaban J connectivity index is 1.63. The van der Waals surface area contributed by atoms with Crippen LogP contribution in [-0.2, 0) is 11.3 Å². The lowest BCUT2D eigenvalue weighted by Gasteiger charge is -2.32. The fraction of sp³-hybridized carbons (Fsp3) is 0.625. The number of likely N-dealkylation sites (tertiary alicyclic amines) is 1. The van der Waals surface area contributed by atoms with E-state index in [4.69, 9.17) is 0 Å². The van der Waals surface area contributed by atoms with Crippen LogP contribution in [-0.4, -0.2) is 48.0 Å². The lowest BCUT2D eigenvalue weighted by molar-refractivity contribution is -0.122. The maximum absolute atomic E-state index is 11.7. The minimum absolute atomic E-state index is 0.151. The van der Waals surface area contributed by atoms with E-state index in [0.717, 1.165) is 45.4 Å². The number of hydrogen-bond acceptors (Lipinski definition) is 4. The Bertz CT molecular complexity index is 416. The van der Waals surface area contributed by atoms with Crippen molar-refractivity contribution in [3.05, 3.63) is 30.1 Å². The fourth-order valence-electron chi connectivity index (χ4n) is 2.58. The van der Waals surface area contributed by atoms with Gasteiger partial charge in [-0.2, -0.15) is 0 Å². The Hall–Kier alpha value is -1.46. The van der Waals surface area contributed by atoms with Crippen LogP contribution in [0.4, 0.5) is 0 Å². The molecule has 0 unspecified atom stereocenters. The first-order valence-corrected chi connectivity index (χ1v) is 7.89. The second kappa shape index (κ2) is 8.74. The standard InChI is InChI=1S/C16H26N4O/c1-2-7-18-16(21)13-20-9-5-15(6-10-20)19-12-14-4-3-8-17-11-14/h3-4,8,11,15,19H,2,5-7,9-10,12-13H2,1H3,(H,18,21). The summed E-state index contributed by atoms with van der Waals surface area (Å²) in [5.74, 6) is 0.151. The number of hydrogen-bond donors (Lipinski definition) is 2. The third-order valence-electron chi connectivity index (χ3n) is 3.84. The van der Waals surface area contributed by atoms with Crippen LogP contribution in [0.1, 0.15) is 31.7 Å². The molecule has 116 valence electrons. The smallest absolute Gasteiger partial charge is 0.234 e. The third-order valence-corrected chi connectivity index (χ3v) is 3.84. The normalized spacial score (nSPS) is 16.8. The molecule has 1 saturated heterocycles. The minimum Gasteiger partial charge on any atom is -0.355 e. The van der Waals surface area contributed by atoms with E-state index in [2.05, 4.69) is 33.5 Å². The van der Waals surface area contributed by atoms with Crippen LogP contribution in [0.2, 0.25) is 0 Å². The number of carbonyl (C=O) groups excluding carboxylic acids is 1. The first-order chi connectivity index (χ1) is 10.3. The van der Waals surface area contributed by atoms with Gasteiger partial charge in [-0.3, -0.25) is 14.7 Å². The Labute approximate surface area is 127 Å². The summed E-state index contributed by atoms with van der Waals surface area (Å²) in [6.07, 6.45) is 6.89. The number of nitrogens with one attached hydrogen (secondary N) is 2. The van der Waals surface area contributed by atoms with E-state index in [0.29, 0.717) is 12.6 Å². The SMILES string of the molecule is CCCNC(=O)CN1CCC(NCc2cccnc2)CC1. The van der Waals surface area contributed by atoms with E-state index >= 15 is 0 Å². The summed E-state index contributed by atoms with van der Waals surface area (Å²) < 4.78 is 0. The molecule has 0 aliphatic carbocycles. The monoisotopic (exact) mass is 290 g/mol. The van der Waals surface area contributed by atoms with Crippen molar-refractivity contribution in [2.45, 2.75) is 38.8 Å². The predicted octanol–water partition coefficient (Wildman–Crippen LogP) is 1.16. The van der Waals surface area contributed by atoms with Gasteiger partial charge in [0.15, 0.2) is 0 Å². The van der Waals surface area contributed by atoms with E-state index in [1.54, 1.807) is 6.20 Å². The molecule has 1 aromatic rings. The van der Waals surface area contributed by atoms with Gasteiger partial charge < -0.3 is 10.6 Å². The molecule has 0 saturated carbocycles. The zero-order chi connectivity index (χ0) is 14.9. The predicted molar refractivity (Wildman–Crippen MR) is 83.8 cm³/mol. The highest BCUT2D eigenvalue weighted by molar-refractivity contribution is 5.77. The van der Waals surface area contributed by atoms with E-state index < -0.39 is 0 Å². The van der Waals surface area contributed by atoms with Gasteiger partial charge in [0.05, 0.1) is 6.54 Å². The van der Waals surface area contributed by atoms with Gasteiger partial charge in [0.25, 0.3) is 0 Å². The Morgan fingerprint density at radius 1 is 1.43 bits per heavy atom. The molecule has 2 N–H and O–H groups in total. The molecule has 2 heterocycles. The van der Waals surface area contributed by atoms with Gasteiger partial charge in [-0.1, -0.05) is 13.0 Å². The minimum atomic E-state index is 0.151. The number of aromatic nitrogens is 1. The van der Waals surface area contributed by atoms with Crippen LogP contribution < -0.4 is 10.6 Å². The molecule has 2 rings (SSSR count). The molecule has 1 amide bonds. The molecule has 1 aliphatic heterocycles. The van der Waals surface area contributed by atoms with Gasteiger partial charge >= 0.3 is 0 Å². The number of nitrogens with zero attached hydrogens (tertiary/aromatic N) is 2. The van der Waals surface area contributed by atoms with Crippen molar-refractivity contribution in [3.63, 3.8) is 0 Å². The maximum Gasteiger partial charge on any atom is 0.234 e. The van der Waals surface area contributed by atoms with Gasteiger partial charge in [-0.15, -0.1) is 0 Å².